The first-order chi connectivity index (χ1) is 9.00. The highest BCUT2D eigenvalue weighted by molar-refractivity contribution is 5.74. The average Bonchev–Trinajstić information content (AvgIpc) is 2.36. The fourth-order valence-corrected chi connectivity index (χ4v) is 3.07. The van der Waals surface area contributed by atoms with Gasteiger partial charge in [-0.05, 0) is 44.4 Å². The summed E-state index contributed by atoms with van der Waals surface area (Å²) in [5.74, 6) is 0. The molecule has 1 saturated heterocycles. The highest BCUT2D eigenvalue weighted by Crippen LogP contribution is 2.33. The number of nitrogens with one attached hydrogen (secondary N) is 1. The van der Waals surface area contributed by atoms with E-state index in [0.717, 1.165) is 32.4 Å². The van der Waals surface area contributed by atoms with Crippen LogP contribution in [0, 0.1) is 5.41 Å². The van der Waals surface area contributed by atoms with Crippen LogP contribution >= 0.6 is 0 Å². The molecule has 1 fully saturated rings. The maximum Gasteiger partial charge on any atom is 0.317 e. The van der Waals surface area contributed by atoms with Crippen molar-refractivity contribution in [1.82, 2.24) is 10.2 Å². The molecule has 0 spiro atoms. The molecule has 0 aromatic carbocycles. The van der Waals surface area contributed by atoms with Crippen LogP contribution in [0.2, 0.25) is 0 Å². The molecular formula is C15H30N2O2. The number of amides is 2. The fraction of sp³-hybridized carbons (Fsp3) is 0.933. The minimum atomic E-state index is 0.0625. The Labute approximate surface area is 117 Å². The van der Waals surface area contributed by atoms with Crippen LogP contribution in [0.4, 0.5) is 4.79 Å². The molecule has 2 unspecified atom stereocenters. The van der Waals surface area contributed by atoms with Crippen LogP contribution in [0.1, 0.15) is 59.3 Å². The molecule has 0 saturated carbocycles. The summed E-state index contributed by atoms with van der Waals surface area (Å²) in [5, 5.41) is 11.8. The Morgan fingerprint density at radius 1 is 1.53 bits per heavy atom. The number of carbonyl (C=O) groups is 1. The topological polar surface area (TPSA) is 52.6 Å². The number of nitrogens with zero attached hydrogens (tertiary/aromatic N) is 1. The van der Waals surface area contributed by atoms with Gasteiger partial charge in [0.25, 0.3) is 0 Å². The maximum atomic E-state index is 12.2. The molecule has 1 heterocycles. The van der Waals surface area contributed by atoms with Gasteiger partial charge in [0.15, 0.2) is 0 Å². The van der Waals surface area contributed by atoms with E-state index in [0.29, 0.717) is 5.41 Å². The molecular weight excluding hydrogens is 240 g/mol. The summed E-state index contributed by atoms with van der Waals surface area (Å²) >= 11 is 0. The highest BCUT2D eigenvalue weighted by Gasteiger charge is 2.32. The van der Waals surface area contributed by atoms with Gasteiger partial charge in [0.2, 0.25) is 0 Å². The lowest BCUT2D eigenvalue weighted by Gasteiger charge is -2.40. The number of aliphatic hydroxyl groups excluding tert-OH is 1. The van der Waals surface area contributed by atoms with Crippen LogP contribution in [0.15, 0.2) is 0 Å². The van der Waals surface area contributed by atoms with Crippen LogP contribution in [-0.4, -0.2) is 41.8 Å². The number of rotatable bonds is 6. The SMILES string of the molecule is CCCC1(C)CCCN(C(=O)NC(C)CCCO)C1. The van der Waals surface area contributed by atoms with Crippen molar-refractivity contribution >= 4 is 6.03 Å². The predicted octanol–water partition coefficient (Wildman–Crippen LogP) is 2.76. The van der Waals surface area contributed by atoms with Gasteiger partial charge in [-0.15, -0.1) is 0 Å². The second-order valence-corrected chi connectivity index (χ2v) is 6.30. The van der Waals surface area contributed by atoms with Crippen molar-refractivity contribution in [1.29, 1.82) is 0 Å². The molecule has 2 N–H and O–H groups in total. The van der Waals surface area contributed by atoms with Gasteiger partial charge in [0, 0.05) is 25.7 Å². The molecule has 4 nitrogen and oxygen atoms in total. The first-order valence-electron chi connectivity index (χ1n) is 7.67. The fourth-order valence-electron chi connectivity index (χ4n) is 3.07. The standard InChI is InChI=1S/C15H30N2O2/c1-4-8-15(3)9-6-10-17(12-15)14(19)16-13(2)7-5-11-18/h13,18H,4-12H2,1-3H3,(H,16,19). The lowest BCUT2D eigenvalue weighted by molar-refractivity contribution is 0.108. The number of piperidine rings is 1. The molecule has 2 amide bonds. The summed E-state index contributed by atoms with van der Waals surface area (Å²) in [6, 6.07) is 0.200. The van der Waals surface area contributed by atoms with E-state index in [1.165, 1.54) is 19.3 Å². The number of carbonyl (C=O) groups excluding carboxylic acids is 1. The molecule has 0 aromatic rings. The third-order valence-corrected chi connectivity index (χ3v) is 4.09. The monoisotopic (exact) mass is 270 g/mol. The van der Waals surface area contributed by atoms with Gasteiger partial charge in [-0.2, -0.15) is 0 Å². The van der Waals surface area contributed by atoms with Crippen LogP contribution in [-0.2, 0) is 0 Å². The zero-order chi connectivity index (χ0) is 14.3. The summed E-state index contributed by atoms with van der Waals surface area (Å²) < 4.78 is 0. The average molecular weight is 270 g/mol. The molecule has 0 aliphatic carbocycles. The molecule has 19 heavy (non-hydrogen) atoms. The molecule has 0 bridgehead atoms. The van der Waals surface area contributed by atoms with E-state index in [4.69, 9.17) is 5.11 Å². The molecule has 0 radical (unpaired) electrons. The molecule has 4 heteroatoms. The van der Waals surface area contributed by atoms with E-state index in [1.807, 2.05) is 11.8 Å². The second kappa shape index (κ2) is 7.73. The van der Waals surface area contributed by atoms with Gasteiger partial charge in [0.1, 0.15) is 0 Å². The van der Waals surface area contributed by atoms with E-state index >= 15 is 0 Å². The lowest BCUT2D eigenvalue weighted by Crippen LogP contribution is -2.50. The zero-order valence-corrected chi connectivity index (χ0v) is 12.7. The van der Waals surface area contributed by atoms with Gasteiger partial charge < -0.3 is 15.3 Å². The Morgan fingerprint density at radius 2 is 2.26 bits per heavy atom. The first-order valence-corrected chi connectivity index (χ1v) is 7.67. The molecule has 1 aliphatic rings. The Hall–Kier alpha value is -0.770. The summed E-state index contributed by atoms with van der Waals surface area (Å²) in [4.78, 5) is 14.2. The van der Waals surface area contributed by atoms with Crippen molar-refractivity contribution in [3.8, 4) is 0 Å². The largest absolute Gasteiger partial charge is 0.396 e. The van der Waals surface area contributed by atoms with E-state index in [1.54, 1.807) is 0 Å². The normalized spacial score (nSPS) is 25.2. The van der Waals surface area contributed by atoms with Gasteiger partial charge in [-0.1, -0.05) is 20.3 Å². The minimum absolute atomic E-state index is 0.0625. The summed E-state index contributed by atoms with van der Waals surface area (Å²) in [6.45, 7) is 8.45. The van der Waals surface area contributed by atoms with Crippen molar-refractivity contribution in [3.05, 3.63) is 0 Å². The van der Waals surface area contributed by atoms with Gasteiger partial charge in [-0.25, -0.2) is 4.79 Å². The molecule has 112 valence electrons. The zero-order valence-electron chi connectivity index (χ0n) is 12.7. The van der Waals surface area contributed by atoms with Crippen LogP contribution < -0.4 is 5.32 Å². The number of aliphatic hydroxyl groups is 1. The van der Waals surface area contributed by atoms with Crippen molar-refractivity contribution in [2.45, 2.75) is 65.3 Å². The second-order valence-electron chi connectivity index (χ2n) is 6.30. The quantitative estimate of drug-likeness (QED) is 0.780. The molecule has 0 aromatic heterocycles. The van der Waals surface area contributed by atoms with Gasteiger partial charge >= 0.3 is 6.03 Å². The van der Waals surface area contributed by atoms with Crippen LogP contribution in [0.25, 0.3) is 0 Å². The smallest absolute Gasteiger partial charge is 0.317 e. The third kappa shape index (κ3) is 5.39. The van der Waals surface area contributed by atoms with Crippen LogP contribution in [0.5, 0.6) is 0 Å². The first kappa shape index (κ1) is 16.3. The maximum absolute atomic E-state index is 12.2. The molecule has 1 rings (SSSR count). The van der Waals surface area contributed by atoms with Crippen molar-refractivity contribution < 1.29 is 9.90 Å². The van der Waals surface area contributed by atoms with E-state index in [2.05, 4.69) is 19.2 Å². The van der Waals surface area contributed by atoms with Crippen molar-refractivity contribution in [3.63, 3.8) is 0 Å². The molecule has 2 atom stereocenters. The van der Waals surface area contributed by atoms with Crippen LogP contribution in [0.3, 0.4) is 0 Å². The Bertz CT molecular complexity index is 279. The number of urea groups is 1. The summed E-state index contributed by atoms with van der Waals surface area (Å²) in [7, 11) is 0. The van der Waals surface area contributed by atoms with E-state index in [9.17, 15) is 4.79 Å². The Kier molecular flexibility index (Phi) is 6.63. The van der Waals surface area contributed by atoms with E-state index in [-0.39, 0.29) is 18.7 Å². The molecule has 1 aliphatic heterocycles. The predicted molar refractivity (Wildman–Crippen MR) is 78.1 cm³/mol. The third-order valence-electron chi connectivity index (χ3n) is 4.09. The highest BCUT2D eigenvalue weighted by atomic mass is 16.3. The van der Waals surface area contributed by atoms with Crippen molar-refractivity contribution in [2.24, 2.45) is 5.41 Å². The minimum Gasteiger partial charge on any atom is -0.396 e. The number of hydrogen-bond donors (Lipinski definition) is 2. The Balaban J connectivity index is 2.43. The van der Waals surface area contributed by atoms with Gasteiger partial charge in [0.05, 0.1) is 0 Å². The number of hydrogen-bond acceptors (Lipinski definition) is 2. The van der Waals surface area contributed by atoms with Gasteiger partial charge in [-0.3, -0.25) is 0 Å². The summed E-state index contributed by atoms with van der Waals surface area (Å²) in [6.07, 6.45) is 6.28. The summed E-state index contributed by atoms with van der Waals surface area (Å²) in [5.41, 5.74) is 0.290. The van der Waals surface area contributed by atoms with E-state index < -0.39 is 0 Å². The lowest BCUT2D eigenvalue weighted by atomic mass is 9.78. The number of likely N-dealkylation sites (tertiary alicyclic amines) is 1. The Morgan fingerprint density at radius 3 is 2.89 bits per heavy atom. The van der Waals surface area contributed by atoms with Crippen molar-refractivity contribution in [2.75, 3.05) is 19.7 Å².